The zero-order valence-corrected chi connectivity index (χ0v) is 13.3. The van der Waals surface area contributed by atoms with Gasteiger partial charge in [0.2, 0.25) is 0 Å². The highest BCUT2D eigenvalue weighted by Crippen LogP contribution is 2.24. The summed E-state index contributed by atoms with van der Waals surface area (Å²) in [6.07, 6.45) is 0.993. The van der Waals surface area contributed by atoms with Crippen LogP contribution in [0.1, 0.15) is 36.6 Å². The smallest absolute Gasteiger partial charge is 0.0657 e. The fourth-order valence-electron chi connectivity index (χ4n) is 2.51. The number of ether oxygens (including phenoxy) is 1. The standard InChI is InChI=1S/C18H22ClNO/c1-3-17(15-10-7-11-16(19)12-15)20-18(13-21-2)14-8-5-4-6-9-14/h4-12,17-18,20H,3,13H2,1-2H3. The SMILES string of the molecule is CCC(NC(COC)c1ccccc1)c1cccc(Cl)c1. The predicted molar refractivity (Wildman–Crippen MR) is 88.7 cm³/mol. The van der Waals surface area contributed by atoms with Crippen molar-refractivity contribution in [2.75, 3.05) is 13.7 Å². The van der Waals surface area contributed by atoms with E-state index in [9.17, 15) is 0 Å². The normalized spacial score (nSPS) is 13.9. The molecule has 112 valence electrons. The summed E-state index contributed by atoms with van der Waals surface area (Å²) in [7, 11) is 1.73. The van der Waals surface area contributed by atoms with E-state index in [1.54, 1.807) is 7.11 Å². The highest BCUT2D eigenvalue weighted by Gasteiger charge is 2.17. The molecule has 0 fully saturated rings. The van der Waals surface area contributed by atoms with E-state index in [4.69, 9.17) is 16.3 Å². The maximum Gasteiger partial charge on any atom is 0.0657 e. The van der Waals surface area contributed by atoms with Crippen LogP contribution in [-0.4, -0.2) is 13.7 Å². The molecule has 0 saturated carbocycles. The van der Waals surface area contributed by atoms with Crippen molar-refractivity contribution in [3.8, 4) is 0 Å². The van der Waals surface area contributed by atoms with Gasteiger partial charge in [-0.05, 0) is 29.7 Å². The number of nitrogens with one attached hydrogen (secondary N) is 1. The molecule has 0 saturated heterocycles. The van der Waals surface area contributed by atoms with Gasteiger partial charge in [0.25, 0.3) is 0 Å². The Labute approximate surface area is 132 Å². The van der Waals surface area contributed by atoms with Crippen molar-refractivity contribution in [3.63, 3.8) is 0 Å². The van der Waals surface area contributed by atoms with E-state index in [0.717, 1.165) is 11.4 Å². The molecule has 3 heteroatoms. The third kappa shape index (κ3) is 4.57. The van der Waals surface area contributed by atoms with Crippen molar-refractivity contribution in [1.29, 1.82) is 0 Å². The Morgan fingerprint density at radius 3 is 2.33 bits per heavy atom. The van der Waals surface area contributed by atoms with Gasteiger partial charge in [0.1, 0.15) is 0 Å². The summed E-state index contributed by atoms with van der Waals surface area (Å²) in [5, 5.41) is 4.45. The summed E-state index contributed by atoms with van der Waals surface area (Å²) in [6.45, 7) is 2.81. The van der Waals surface area contributed by atoms with Gasteiger partial charge in [-0.25, -0.2) is 0 Å². The third-order valence-electron chi connectivity index (χ3n) is 3.60. The molecular weight excluding hydrogens is 282 g/mol. The maximum absolute atomic E-state index is 6.11. The van der Waals surface area contributed by atoms with Gasteiger partial charge in [0.15, 0.2) is 0 Å². The fourth-order valence-corrected chi connectivity index (χ4v) is 2.71. The molecule has 0 bridgehead atoms. The fraction of sp³-hybridized carbons (Fsp3) is 0.333. The zero-order valence-electron chi connectivity index (χ0n) is 12.6. The van der Waals surface area contributed by atoms with E-state index >= 15 is 0 Å². The van der Waals surface area contributed by atoms with Gasteiger partial charge in [-0.2, -0.15) is 0 Å². The van der Waals surface area contributed by atoms with Crippen LogP contribution in [0.4, 0.5) is 0 Å². The number of hydrogen-bond acceptors (Lipinski definition) is 2. The van der Waals surface area contributed by atoms with Gasteiger partial charge in [0.05, 0.1) is 12.6 Å². The van der Waals surface area contributed by atoms with Crippen molar-refractivity contribution in [1.82, 2.24) is 5.32 Å². The molecule has 0 spiro atoms. The summed E-state index contributed by atoms with van der Waals surface area (Å²) in [5.41, 5.74) is 2.45. The second kappa shape index (κ2) is 8.18. The van der Waals surface area contributed by atoms with Crippen LogP contribution in [0.3, 0.4) is 0 Å². The van der Waals surface area contributed by atoms with E-state index in [1.165, 1.54) is 11.1 Å². The zero-order chi connectivity index (χ0) is 15.1. The van der Waals surface area contributed by atoms with Gasteiger partial charge < -0.3 is 10.1 Å². The lowest BCUT2D eigenvalue weighted by molar-refractivity contribution is 0.160. The maximum atomic E-state index is 6.11. The van der Waals surface area contributed by atoms with Crippen LogP contribution in [0, 0.1) is 0 Å². The summed E-state index contributed by atoms with van der Waals surface area (Å²) >= 11 is 6.11. The number of hydrogen-bond donors (Lipinski definition) is 1. The van der Waals surface area contributed by atoms with E-state index in [-0.39, 0.29) is 12.1 Å². The Kier molecular flexibility index (Phi) is 6.24. The molecule has 0 aliphatic rings. The molecule has 0 heterocycles. The van der Waals surface area contributed by atoms with Crippen molar-refractivity contribution in [3.05, 3.63) is 70.7 Å². The minimum absolute atomic E-state index is 0.167. The largest absolute Gasteiger partial charge is 0.383 e. The molecule has 1 N–H and O–H groups in total. The number of methoxy groups -OCH3 is 1. The number of rotatable bonds is 7. The Morgan fingerprint density at radius 2 is 1.71 bits per heavy atom. The van der Waals surface area contributed by atoms with Crippen LogP contribution in [-0.2, 0) is 4.74 Å². The van der Waals surface area contributed by atoms with E-state index in [2.05, 4.69) is 42.6 Å². The quantitative estimate of drug-likeness (QED) is 0.795. The molecule has 2 atom stereocenters. The van der Waals surface area contributed by atoms with Crippen molar-refractivity contribution < 1.29 is 4.74 Å². The monoisotopic (exact) mass is 303 g/mol. The Balaban J connectivity index is 2.18. The molecule has 21 heavy (non-hydrogen) atoms. The lowest BCUT2D eigenvalue weighted by Gasteiger charge is -2.25. The first-order valence-corrected chi connectivity index (χ1v) is 7.67. The summed E-state index contributed by atoms with van der Waals surface area (Å²) in [5.74, 6) is 0. The van der Waals surface area contributed by atoms with Gasteiger partial charge in [-0.1, -0.05) is 61.0 Å². The van der Waals surface area contributed by atoms with Crippen LogP contribution < -0.4 is 5.32 Å². The third-order valence-corrected chi connectivity index (χ3v) is 3.83. The first-order chi connectivity index (χ1) is 10.2. The lowest BCUT2D eigenvalue weighted by atomic mass is 10.0. The molecule has 2 unspecified atom stereocenters. The van der Waals surface area contributed by atoms with Gasteiger partial charge in [-0.15, -0.1) is 0 Å². The van der Waals surface area contributed by atoms with Crippen LogP contribution in [0.25, 0.3) is 0 Å². The minimum atomic E-state index is 0.167. The molecule has 2 rings (SSSR count). The highest BCUT2D eigenvalue weighted by molar-refractivity contribution is 6.30. The van der Waals surface area contributed by atoms with E-state index in [1.807, 2.05) is 24.3 Å². The van der Waals surface area contributed by atoms with E-state index < -0.39 is 0 Å². The Hall–Kier alpha value is -1.35. The number of benzene rings is 2. The van der Waals surface area contributed by atoms with Crippen LogP contribution in [0.15, 0.2) is 54.6 Å². The van der Waals surface area contributed by atoms with Gasteiger partial charge in [0, 0.05) is 18.2 Å². The molecule has 2 nitrogen and oxygen atoms in total. The van der Waals surface area contributed by atoms with Crippen molar-refractivity contribution in [2.45, 2.75) is 25.4 Å². The topological polar surface area (TPSA) is 21.3 Å². The lowest BCUT2D eigenvalue weighted by Crippen LogP contribution is -2.29. The van der Waals surface area contributed by atoms with Crippen molar-refractivity contribution >= 4 is 11.6 Å². The molecular formula is C18H22ClNO. The molecule has 2 aromatic carbocycles. The Bertz CT molecular complexity index is 544. The van der Waals surface area contributed by atoms with E-state index in [0.29, 0.717) is 6.61 Å². The van der Waals surface area contributed by atoms with Gasteiger partial charge >= 0.3 is 0 Å². The van der Waals surface area contributed by atoms with Crippen LogP contribution >= 0.6 is 11.6 Å². The molecule has 0 radical (unpaired) electrons. The van der Waals surface area contributed by atoms with Crippen LogP contribution in [0.2, 0.25) is 5.02 Å². The average molecular weight is 304 g/mol. The first-order valence-electron chi connectivity index (χ1n) is 7.30. The minimum Gasteiger partial charge on any atom is -0.383 e. The predicted octanol–water partition coefficient (Wildman–Crippen LogP) is 4.77. The molecule has 0 aromatic heterocycles. The van der Waals surface area contributed by atoms with Crippen molar-refractivity contribution in [2.24, 2.45) is 0 Å². The highest BCUT2D eigenvalue weighted by atomic mass is 35.5. The molecule has 0 aliphatic heterocycles. The Morgan fingerprint density at radius 1 is 1.00 bits per heavy atom. The summed E-state index contributed by atoms with van der Waals surface area (Å²) < 4.78 is 5.37. The average Bonchev–Trinajstić information content (AvgIpc) is 2.52. The van der Waals surface area contributed by atoms with Crippen LogP contribution in [0.5, 0.6) is 0 Å². The molecule has 2 aromatic rings. The summed E-state index contributed by atoms with van der Waals surface area (Å²) in [4.78, 5) is 0. The second-order valence-electron chi connectivity index (χ2n) is 5.10. The molecule has 0 aliphatic carbocycles. The van der Waals surface area contributed by atoms with Gasteiger partial charge in [-0.3, -0.25) is 0 Å². The number of halogens is 1. The summed E-state index contributed by atoms with van der Waals surface area (Å²) in [6, 6.07) is 18.9. The first kappa shape index (κ1) is 16.0. The second-order valence-corrected chi connectivity index (χ2v) is 5.54. The molecule has 0 amide bonds.